The van der Waals surface area contributed by atoms with Crippen molar-refractivity contribution in [2.24, 2.45) is 4.99 Å². The van der Waals surface area contributed by atoms with Gasteiger partial charge < -0.3 is 16.0 Å². The highest BCUT2D eigenvalue weighted by molar-refractivity contribution is 5.93. The van der Waals surface area contributed by atoms with E-state index in [2.05, 4.69) is 32.9 Å². The third-order valence-corrected chi connectivity index (χ3v) is 2.75. The van der Waals surface area contributed by atoms with Crippen LogP contribution in [0.5, 0.6) is 0 Å². The number of pyridine rings is 1. The summed E-state index contributed by atoms with van der Waals surface area (Å²) >= 11 is 0. The number of hydrogen-bond acceptors (Lipinski definition) is 3. The average molecular weight is 291 g/mol. The number of hydrogen-bond donors (Lipinski definition) is 3. The van der Waals surface area contributed by atoms with Crippen molar-refractivity contribution in [2.45, 2.75) is 26.7 Å². The van der Waals surface area contributed by atoms with Gasteiger partial charge >= 0.3 is 0 Å². The summed E-state index contributed by atoms with van der Waals surface area (Å²) in [6.45, 7) is 6.97. The van der Waals surface area contributed by atoms with Crippen molar-refractivity contribution in [3.63, 3.8) is 0 Å². The van der Waals surface area contributed by atoms with E-state index in [1.165, 1.54) is 0 Å². The number of rotatable bonds is 8. The van der Waals surface area contributed by atoms with Crippen LogP contribution in [0.1, 0.15) is 37.0 Å². The van der Waals surface area contributed by atoms with E-state index in [1.807, 2.05) is 6.92 Å². The smallest absolute Gasteiger partial charge is 0.252 e. The van der Waals surface area contributed by atoms with E-state index in [-0.39, 0.29) is 5.91 Å². The van der Waals surface area contributed by atoms with Crippen molar-refractivity contribution in [1.82, 2.24) is 20.9 Å². The molecule has 1 amide bonds. The van der Waals surface area contributed by atoms with Gasteiger partial charge in [0, 0.05) is 38.6 Å². The van der Waals surface area contributed by atoms with Gasteiger partial charge in [-0.1, -0.05) is 13.3 Å². The van der Waals surface area contributed by atoms with E-state index in [9.17, 15) is 4.79 Å². The van der Waals surface area contributed by atoms with Crippen LogP contribution in [0, 0.1) is 0 Å². The first-order valence-electron chi connectivity index (χ1n) is 7.48. The van der Waals surface area contributed by atoms with Gasteiger partial charge in [0.2, 0.25) is 0 Å². The Kier molecular flexibility index (Phi) is 8.59. The zero-order valence-corrected chi connectivity index (χ0v) is 12.9. The van der Waals surface area contributed by atoms with Crippen LogP contribution in [0.15, 0.2) is 29.5 Å². The lowest BCUT2D eigenvalue weighted by molar-refractivity contribution is 0.0954. The fraction of sp³-hybridized carbons (Fsp3) is 0.533. The quantitative estimate of drug-likeness (QED) is 0.382. The Morgan fingerprint density at radius 3 is 2.71 bits per heavy atom. The Hall–Kier alpha value is -2.11. The van der Waals surface area contributed by atoms with E-state index in [0.29, 0.717) is 18.7 Å². The summed E-state index contributed by atoms with van der Waals surface area (Å²) in [5.41, 5.74) is 0.570. The summed E-state index contributed by atoms with van der Waals surface area (Å²) in [7, 11) is 0. The fourth-order valence-corrected chi connectivity index (χ4v) is 1.65. The zero-order chi connectivity index (χ0) is 15.3. The lowest BCUT2D eigenvalue weighted by atomic mass is 10.3. The Bertz CT molecular complexity index is 433. The second-order valence-corrected chi connectivity index (χ2v) is 4.54. The maximum absolute atomic E-state index is 11.8. The minimum absolute atomic E-state index is 0.113. The molecule has 1 aromatic heterocycles. The van der Waals surface area contributed by atoms with Gasteiger partial charge in [0.15, 0.2) is 5.96 Å². The molecular formula is C15H25N5O. The molecule has 1 heterocycles. The molecule has 0 fully saturated rings. The normalized spacial score (nSPS) is 11.0. The van der Waals surface area contributed by atoms with Crippen LogP contribution in [-0.2, 0) is 0 Å². The third-order valence-electron chi connectivity index (χ3n) is 2.75. The largest absolute Gasteiger partial charge is 0.357 e. The number of aromatic nitrogens is 1. The van der Waals surface area contributed by atoms with Crippen LogP contribution in [0.25, 0.3) is 0 Å². The maximum Gasteiger partial charge on any atom is 0.252 e. The molecule has 0 atom stereocenters. The summed E-state index contributed by atoms with van der Waals surface area (Å²) in [6, 6.07) is 3.49. The molecule has 0 aromatic carbocycles. The molecule has 0 spiro atoms. The summed E-state index contributed by atoms with van der Waals surface area (Å²) < 4.78 is 0. The molecular weight excluding hydrogens is 266 g/mol. The first kappa shape index (κ1) is 16.9. The topological polar surface area (TPSA) is 78.4 Å². The lowest BCUT2D eigenvalue weighted by Gasteiger charge is -2.11. The minimum atomic E-state index is -0.113. The molecule has 0 aliphatic rings. The minimum Gasteiger partial charge on any atom is -0.357 e. The summed E-state index contributed by atoms with van der Waals surface area (Å²) in [4.78, 5) is 20.2. The number of amides is 1. The fourth-order valence-electron chi connectivity index (χ4n) is 1.65. The number of nitrogens with zero attached hydrogens (tertiary/aromatic N) is 2. The van der Waals surface area contributed by atoms with Crippen LogP contribution in [0.2, 0.25) is 0 Å². The first-order valence-corrected chi connectivity index (χ1v) is 7.48. The monoisotopic (exact) mass is 291 g/mol. The Labute approximate surface area is 126 Å². The van der Waals surface area contributed by atoms with Crippen LogP contribution < -0.4 is 16.0 Å². The van der Waals surface area contributed by atoms with Gasteiger partial charge in [0.25, 0.3) is 5.91 Å². The third kappa shape index (κ3) is 7.29. The average Bonchev–Trinajstić information content (AvgIpc) is 2.52. The molecule has 1 aromatic rings. The van der Waals surface area contributed by atoms with Crippen molar-refractivity contribution in [3.05, 3.63) is 30.1 Å². The van der Waals surface area contributed by atoms with Gasteiger partial charge in [-0.3, -0.25) is 14.8 Å². The highest BCUT2D eigenvalue weighted by Crippen LogP contribution is 1.94. The Morgan fingerprint density at radius 2 is 2.05 bits per heavy atom. The van der Waals surface area contributed by atoms with Crippen LogP contribution in [-0.4, -0.2) is 43.0 Å². The van der Waals surface area contributed by atoms with E-state index in [4.69, 9.17) is 0 Å². The number of aliphatic imine (C=N–C) groups is 1. The molecule has 6 heteroatoms. The molecule has 0 saturated carbocycles. The van der Waals surface area contributed by atoms with Gasteiger partial charge in [-0.25, -0.2) is 0 Å². The first-order chi connectivity index (χ1) is 10.3. The molecule has 0 saturated heterocycles. The highest BCUT2D eigenvalue weighted by atomic mass is 16.1. The number of carbonyl (C=O) groups excluding carboxylic acids is 1. The SMILES string of the molecule is CCCCN=C(NCC)NCCNC(=O)c1cccnc1. The molecule has 6 nitrogen and oxygen atoms in total. The predicted octanol–water partition coefficient (Wildman–Crippen LogP) is 1.17. The second-order valence-electron chi connectivity index (χ2n) is 4.54. The summed E-state index contributed by atoms with van der Waals surface area (Å²) in [5, 5.41) is 9.21. The van der Waals surface area contributed by atoms with Crippen molar-refractivity contribution in [2.75, 3.05) is 26.2 Å². The molecule has 0 aliphatic heterocycles. The van der Waals surface area contributed by atoms with Gasteiger partial charge in [-0.2, -0.15) is 0 Å². The molecule has 0 bridgehead atoms. The number of guanidine groups is 1. The summed E-state index contributed by atoms with van der Waals surface area (Å²) in [5.74, 6) is 0.680. The zero-order valence-electron chi connectivity index (χ0n) is 12.9. The van der Waals surface area contributed by atoms with E-state index in [1.54, 1.807) is 24.5 Å². The van der Waals surface area contributed by atoms with Crippen molar-refractivity contribution >= 4 is 11.9 Å². The molecule has 0 radical (unpaired) electrons. The number of carbonyl (C=O) groups is 1. The lowest BCUT2D eigenvalue weighted by Crippen LogP contribution is -2.41. The van der Waals surface area contributed by atoms with Gasteiger partial charge in [-0.15, -0.1) is 0 Å². The van der Waals surface area contributed by atoms with Gasteiger partial charge in [-0.05, 0) is 25.5 Å². The Morgan fingerprint density at radius 1 is 1.24 bits per heavy atom. The summed E-state index contributed by atoms with van der Waals surface area (Å²) in [6.07, 6.45) is 5.41. The van der Waals surface area contributed by atoms with Crippen LogP contribution >= 0.6 is 0 Å². The van der Waals surface area contributed by atoms with Gasteiger partial charge in [0.05, 0.1) is 5.56 Å². The maximum atomic E-state index is 11.8. The van der Waals surface area contributed by atoms with E-state index >= 15 is 0 Å². The molecule has 0 aliphatic carbocycles. The highest BCUT2D eigenvalue weighted by Gasteiger charge is 2.03. The molecule has 1 rings (SSSR count). The molecule has 21 heavy (non-hydrogen) atoms. The Balaban J connectivity index is 2.27. The standard InChI is InChI=1S/C15H25N5O/c1-3-5-9-19-15(17-4-2)20-11-10-18-14(21)13-7-6-8-16-12-13/h6-8,12H,3-5,9-11H2,1-2H3,(H,18,21)(H2,17,19,20). The van der Waals surface area contributed by atoms with Gasteiger partial charge in [0.1, 0.15) is 0 Å². The molecule has 116 valence electrons. The molecule has 3 N–H and O–H groups in total. The van der Waals surface area contributed by atoms with E-state index < -0.39 is 0 Å². The van der Waals surface area contributed by atoms with Crippen molar-refractivity contribution < 1.29 is 4.79 Å². The van der Waals surface area contributed by atoms with E-state index in [0.717, 1.165) is 31.9 Å². The van der Waals surface area contributed by atoms with Crippen molar-refractivity contribution in [3.8, 4) is 0 Å². The van der Waals surface area contributed by atoms with Crippen LogP contribution in [0.3, 0.4) is 0 Å². The predicted molar refractivity (Wildman–Crippen MR) is 85.5 cm³/mol. The molecule has 0 unspecified atom stereocenters. The second kappa shape index (κ2) is 10.7. The van der Waals surface area contributed by atoms with Crippen molar-refractivity contribution in [1.29, 1.82) is 0 Å². The number of unbranched alkanes of at least 4 members (excludes halogenated alkanes) is 1. The number of nitrogens with one attached hydrogen (secondary N) is 3. The van der Waals surface area contributed by atoms with Crippen LogP contribution in [0.4, 0.5) is 0 Å².